The van der Waals surface area contributed by atoms with E-state index in [2.05, 4.69) is 4.98 Å². The first kappa shape index (κ1) is 23.7. The minimum Gasteiger partial charge on any atom is -0.352 e. The molecule has 2 fully saturated rings. The van der Waals surface area contributed by atoms with E-state index >= 15 is 0 Å². The van der Waals surface area contributed by atoms with E-state index in [9.17, 15) is 22.8 Å². The van der Waals surface area contributed by atoms with Crippen LogP contribution in [-0.4, -0.2) is 60.7 Å². The van der Waals surface area contributed by atoms with E-state index in [-0.39, 0.29) is 29.1 Å². The summed E-state index contributed by atoms with van der Waals surface area (Å²) in [5.41, 5.74) is -0.121. The fraction of sp³-hybridized carbons (Fsp3) is 0.409. The Hall–Kier alpha value is -2.46. The third-order valence-corrected chi connectivity index (χ3v) is 6.92. The van der Waals surface area contributed by atoms with Gasteiger partial charge in [0.1, 0.15) is 5.82 Å². The standard InChI is InChI=1S/C22H22ClF3N4O2S/c1-33-17-4-2-16(3-5-17)30-13-14(10-19(30)31)21(32)29-8-6-28(7-9-29)20-18(23)11-15(12-27-20)22(24,25)26/h2-5,11-12,14H,6-10,13H2,1H3. The fourth-order valence-electron chi connectivity index (χ4n) is 4.10. The van der Waals surface area contributed by atoms with Gasteiger partial charge < -0.3 is 14.7 Å². The molecular formula is C22H22ClF3N4O2S. The van der Waals surface area contributed by atoms with Crippen LogP contribution in [0.2, 0.25) is 5.02 Å². The average Bonchev–Trinajstić information content (AvgIpc) is 3.19. The summed E-state index contributed by atoms with van der Waals surface area (Å²) in [5.74, 6) is -0.313. The molecule has 33 heavy (non-hydrogen) atoms. The number of rotatable bonds is 4. The van der Waals surface area contributed by atoms with Gasteiger partial charge in [-0.1, -0.05) is 11.6 Å². The lowest BCUT2D eigenvalue weighted by atomic mass is 10.1. The molecule has 2 saturated heterocycles. The lowest BCUT2D eigenvalue weighted by Gasteiger charge is -2.36. The molecule has 1 atom stereocenters. The second-order valence-electron chi connectivity index (χ2n) is 7.94. The molecule has 0 aliphatic carbocycles. The molecule has 0 radical (unpaired) electrons. The first-order chi connectivity index (χ1) is 15.7. The van der Waals surface area contributed by atoms with Crippen molar-refractivity contribution >= 4 is 46.7 Å². The number of halogens is 4. The van der Waals surface area contributed by atoms with Crippen LogP contribution >= 0.6 is 23.4 Å². The second kappa shape index (κ2) is 9.42. The number of pyridine rings is 1. The Labute approximate surface area is 198 Å². The monoisotopic (exact) mass is 498 g/mol. The number of carbonyl (C=O) groups excluding carboxylic acids is 2. The topological polar surface area (TPSA) is 56.8 Å². The predicted molar refractivity (Wildman–Crippen MR) is 122 cm³/mol. The van der Waals surface area contributed by atoms with Crippen molar-refractivity contribution in [1.82, 2.24) is 9.88 Å². The van der Waals surface area contributed by atoms with E-state index in [0.717, 1.165) is 22.8 Å². The van der Waals surface area contributed by atoms with Crippen LogP contribution in [0.25, 0.3) is 0 Å². The quantitative estimate of drug-likeness (QED) is 0.592. The van der Waals surface area contributed by atoms with Crippen molar-refractivity contribution in [3.05, 3.63) is 47.1 Å². The van der Waals surface area contributed by atoms with Crippen LogP contribution in [0, 0.1) is 5.92 Å². The fourth-order valence-corrected chi connectivity index (χ4v) is 4.79. The maximum atomic E-state index is 13.0. The van der Waals surface area contributed by atoms with Crippen molar-refractivity contribution in [2.24, 2.45) is 5.92 Å². The zero-order valence-corrected chi connectivity index (χ0v) is 19.4. The maximum Gasteiger partial charge on any atom is 0.417 e. The number of piperazine rings is 1. The van der Waals surface area contributed by atoms with E-state index < -0.39 is 17.7 Å². The Balaban J connectivity index is 1.36. The Bertz CT molecular complexity index is 1040. The zero-order chi connectivity index (χ0) is 23.8. The number of hydrogen-bond acceptors (Lipinski definition) is 5. The smallest absolute Gasteiger partial charge is 0.352 e. The predicted octanol–water partition coefficient (Wildman–Crippen LogP) is 4.18. The van der Waals surface area contributed by atoms with Crippen molar-refractivity contribution in [2.45, 2.75) is 17.5 Å². The normalized spacial score (nSPS) is 19.4. The number of hydrogen-bond donors (Lipinski definition) is 0. The van der Waals surface area contributed by atoms with Crippen LogP contribution in [0.3, 0.4) is 0 Å². The first-order valence-electron chi connectivity index (χ1n) is 10.4. The van der Waals surface area contributed by atoms with E-state index in [1.54, 1.807) is 26.5 Å². The number of aromatic nitrogens is 1. The van der Waals surface area contributed by atoms with Crippen molar-refractivity contribution in [1.29, 1.82) is 0 Å². The maximum absolute atomic E-state index is 13.0. The van der Waals surface area contributed by atoms with Gasteiger partial charge in [0, 0.05) is 55.9 Å². The second-order valence-corrected chi connectivity index (χ2v) is 9.23. The van der Waals surface area contributed by atoms with Crippen LogP contribution < -0.4 is 9.80 Å². The molecule has 1 unspecified atom stereocenters. The Morgan fingerprint density at radius 1 is 1.15 bits per heavy atom. The van der Waals surface area contributed by atoms with Gasteiger partial charge in [0.25, 0.3) is 0 Å². The van der Waals surface area contributed by atoms with E-state index in [1.807, 2.05) is 30.5 Å². The highest BCUT2D eigenvalue weighted by atomic mass is 35.5. The summed E-state index contributed by atoms with van der Waals surface area (Å²) in [7, 11) is 0. The molecule has 3 heterocycles. The third-order valence-electron chi connectivity index (χ3n) is 5.90. The number of thioether (sulfide) groups is 1. The Morgan fingerprint density at radius 2 is 1.82 bits per heavy atom. The zero-order valence-electron chi connectivity index (χ0n) is 17.8. The Kier molecular flexibility index (Phi) is 6.76. The van der Waals surface area contributed by atoms with E-state index in [4.69, 9.17) is 11.6 Å². The molecular weight excluding hydrogens is 477 g/mol. The molecule has 2 amide bonds. The summed E-state index contributed by atoms with van der Waals surface area (Å²) in [5, 5.41) is -0.0749. The molecule has 4 rings (SSSR count). The molecule has 176 valence electrons. The van der Waals surface area contributed by atoms with Gasteiger partial charge in [0.2, 0.25) is 11.8 Å². The number of nitrogens with zero attached hydrogens (tertiary/aromatic N) is 4. The molecule has 0 spiro atoms. The van der Waals surface area contributed by atoms with Crippen molar-refractivity contribution < 1.29 is 22.8 Å². The van der Waals surface area contributed by atoms with Gasteiger partial charge in [-0.25, -0.2) is 4.98 Å². The van der Waals surface area contributed by atoms with Gasteiger partial charge in [0.05, 0.1) is 16.5 Å². The van der Waals surface area contributed by atoms with Crippen molar-refractivity contribution in [3.63, 3.8) is 0 Å². The van der Waals surface area contributed by atoms with Crippen LogP contribution in [0.5, 0.6) is 0 Å². The number of amides is 2. The van der Waals surface area contributed by atoms with Crippen LogP contribution in [0.4, 0.5) is 24.7 Å². The number of carbonyl (C=O) groups is 2. The summed E-state index contributed by atoms with van der Waals surface area (Å²) < 4.78 is 38.5. The molecule has 0 saturated carbocycles. The van der Waals surface area contributed by atoms with Gasteiger partial charge in [-0.2, -0.15) is 13.2 Å². The van der Waals surface area contributed by atoms with Crippen molar-refractivity contribution in [2.75, 3.05) is 48.8 Å². The van der Waals surface area contributed by atoms with Gasteiger partial charge in [0.15, 0.2) is 0 Å². The van der Waals surface area contributed by atoms with E-state index in [1.165, 1.54) is 0 Å². The highest BCUT2D eigenvalue weighted by Crippen LogP contribution is 2.34. The van der Waals surface area contributed by atoms with Crippen LogP contribution in [0.1, 0.15) is 12.0 Å². The highest BCUT2D eigenvalue weighted by Gasteiger charge is 2.38. The molecule has 6 nitrogen and oxygen atoms in total. The minimum atomic E-state index is -4.51. The summed E-state index contributed by atoms with van der Waals surface area (Å²) in [4.78, 5) is 35.7. The number of alkyl halides is 3. The third kappa shape index (κ3) is 5.06. The summed E-state index contributed by atoms with van der Waals surface area (Å²) in [6.07, 6.45) is -1.60. The van der Waals surface area contributed by atoms with Gasteiger partial charge in [-0.15, -0.1) is 11.8 Å². The molecule has 1 aromatic heterocycles. The van der Waals surface area contributed by atoms with E-state index in [0.29, 0.717) is 32.7 Å². The van der Waals surface area contributed by atoms with Crippen molar-refractivity contribution in [3.8, 4) is 0 Å². The van der Waals surface area contributed by atoms with Gasteiger partial charge >= 0.3 is 6.18 Å². The SMILES string of the molecule is CSc1ccc(N2CC(C(=O)N3CCN(c4ncc(C(F)(F)F)cc4Cl)CC3)CC2=O)cc1. The van der Waals surface area contributed by atoms with Gasteiger partial charge in [-0.05, 0) is 36.6 Å². The molecule has 1 aromatic carbocycles. The molecule has 0 N–H and O–H groups in total. The largest absolute Gasteiger partial charge is 0.417 e. The summed E-state index contributed by atoms with van der Waals surface area (Å²) >= 11 is 7.67. The molecule has 11 heteroatoms. The summed E-state index contributed by atoms with van der Waals surface area (Å²) in [6, 6.07) is 8.53. The lowest BCUT2D eigenvalue weighted by molar-refractivity contribution is -0.138. The molecule has 2 aromatic rings. The average molecular weight is 499 g/mol. The summed E-state index contributed by atoms with van der Waals surface area (Å²) in [6.45, 7) is 1.88. The highest BCUT2D eigenvalue weighted by molar-refractivity contribution is 7.98. The Morgan fingerprint density at radius 3 is 2.39 bits per heavy atom. The molecule has 2 aliphatic heterocycles. The van der Waals surface area contributed by atoms with Gasteiger partial charge in [-0.3, -0.25) is 9.59 Å². The van der Waals surface area contributed by atoms with Crippen LogP contribution in [-0.2, 0) is 15.8 Å². The molecule has 0 bridgehead atoms. The lowest BCUT2D eigenvalue weighted by Crippen LogP contribution is -2.51. The first-order valence-corrected chi connectivity index (χ1v) is 12.0. The number of benzene rings is 1. The minimum absolute atomic E-state index is 0.0749. The van der Waals surface area contributed by atoms with Crippen LogP contribution in [0.15, 0.2) is 41.4 Å². The number of anilines is 2. The molecule has 2 aliphatic rings.